The molecule has 142 valence electrons. The van der Waals surface area contributed by atoms with Crippen LogP contribution in [0.1, 0.15) is 51.5 Å². The number of benzene rings is 1. The van der Waals surface area contributed by atoms with Crippen molar-refractivity contribution in [3.8, 4) is 11.5 Å². The fourth-order valence-corrected chi connectivity index (χ4v) is 3.31. The Morgan fingerprint density at radius 1 is 1.04 bits per heavy atom. The Morgan fingerprint density at radius 3 is 2.27 bits per heavy atom. The lowest BCUT2D eigenvalue weighted by Gasteiger charge is -2.34. The number of rotatable bonds is 8. The molecule has 1 atom stereocenters. The fraction of sp³-hybridized carbons (Fsp3) is 0.579. The van der Waals surface area contributed by atoms with Gasteiger partial charge in [0.2, 0.25) is 0 Å². The summed E-state index contributed by atoms with van der Waals surface area (Å²) in [6, 6.07) is 3.26. The topological polar surface area (TPSA) is 88.7 Å². The molecule has 1 fully saturated rings. The number of carbonyl (C=O) groups excluding carboxylic acids is 2. The Kier molecular flexibility index (Phi) is 5.54. The first-order valence-corrected chi connectivity index (χ1v) is 9.42. The van der Waals surface area contributed by atoms with Crippen LogP contribution in [0.2, 0.25) is 0 Å². The molecule has 1 spiro atoms. The highest BCUT2D eigenvalue weighted by molar-refractivity contribution is 6.08. The molecule has 3 rings (SSSR count). The quantitative estimate of drug-likeness (QED) is 0.489. The van der Waals surface area contributed by atoms with Gasteiger partial charge in [-0.1, -0.05) is 26.7 Å². The van der Waals surface area contributed by atoms with Gasteiger partial charge >= 0.3 is 6.03 Å². The van der Waals surface area contributed by atoms with Gasteiger partial charge in [-0.15, -0.1) is 0 Å². The number of fused-ring (bicyclic) bond motifs is 2. The number of hydrogen-bond donors (Lipinski definition) is 3. The minimum atomic E-state index is -1.04. The van der Waals surface area contributed by atoms with Gasteiger partial charge in [-0.25, -0.2) is 4.79 Å². The van der Waals surface area contributed by atoms with Crippen LogP contribution in [0.25, 0.3) is 0 Å². The van der Waals surface area contributed by atoms with E-state index in [0.717, 1.165) is 36.9 Å². The molecule has 1 aromatic carbocycles. The minimum Gasteiger partial charge on any atom is -0.490 e. The summed E-state index contributed by atoms with van der Waals surface area (Å²) in [4.78, 5) is 24.3. The van der Waals surface area contributed by atoms with Gasteiger partial charge in [0, 0.05) is 30.3 Å². The molecule has 26 heavy (non-hydrogen) atoms. The molecule has 0 saturated carbocycles. The van der Waals surface area contributed by atoms with Crippen molar-refractivity contribution in [3.05, 3.63) is 17.7 Å². The normalized spacial score (nSPS) is 21.0. The molecule has 2 aliphatic rings. The van der Waals surface area contributed by atoms with Crippen molar-refractivity contribution in [2.45, 2.75) is 51.5 Å². The summed E-state index contributed by atoms with van der Waals surface area (Å²) in [5.41, 5.74) is 0.479. The molecule has 0 aliphatic carbocycles. The van der Waals surface area contributed by atoms with Gasteiger partial charge in [-0.3, -0.25) is 10.1 Å². The van der Waals surface area contributed by atoms with E-state index in [9.17, 15) is 9.59 Å². The predicted molar refractivity (Wildman–Crippen MR) is 98.7 cm³/mol. The van der Waals surface area contributed by atoms with E-state index in [2.05, 4.69) is 29.8 Å². The summed E-state index contributed by atoms with van der Waals surface area (Å²) < 4.78 is 11.9. The zero-order chi connectivity index (χ0) is 18.6. The second-order valence-electron chi connectivity index (χ2n) is 6.74. The number of hydrogen-bond acceptors (Lipinski definition) is 5. The van der Waals surface area contributed by atoms with Crippen LogP contribution in [-0.4, -0.2) is 31.7 Å². The Bertz CT molecular complexity index is 692. The van der Waals surface area contributed by atoms with Crippen molar-refractivity contribution in [2.75, 3.05) is 25.1 Å². The van der Waals surface area contributed by atoms with Crippen LogP contribution in [0.4, 0.5) is 10.5 Å². The molecule has 2 aliphatic heterocycles. The summed E-state index contributed by atoms with van der Waals surface area (Å²) in [6.45, 7) is 6.00. The van der Waals surface area contributed by atoms with Crippen LogP contribution >= 0.6 is 0 Å². The van der Waals surface area contributed by atoms with Gasteiger partial charge in [0.1, 0.15) is 5.54 Å². The number of urea groups is 1. The van der Waals surface area contributed by atoms with E-state index in [-0.39, 0.29) is 5.91 Å². The average Bonchev–Trinajstić information content (AvgIpc) is 2.90. The fourth-order valence-electron chi connectivity index (χ4n) is 3.31. The van der Waals surface area contributed by atoms with E-state index < -0.39 is 11.6 Å². The number of anilines is 1. The standard InChI is InChI=1S/C19H27N3O4/c1-3-5-9-25-15-11-13-14(12-16(15)26-10-6-4-2)20-8-7-19(13)17(23)21-18(24)22-19/h11-12,20H,3-10H2,1-2H3,(H2,21,22,23,24). The van der Waals surface area contributed by atoms with Crippen LogP contribution in [0.5, 0.6) is 11.5 Å². The summed E-state index contributed by atoms with van der Waals surface area (Å²) >= 11 is 0. The monoisotopic (exact) mass is 361 g/mol. The minimum absolute atomic E-state index is 0.315. The number of nitrogens with one attached hydrogen (secondary N) is 3. The van der Waals surface area contributed by atoms with Gasteiger partial charge in [-0.2, -0.15) is 0 Å². The van der Waals surface area contributed by atoms with Gasteiger partial charge in [0.15, 0.2) is 11.5 Å². The second kappa shape index (κ2) is 7.85. The van der Waals surface area contributed by atoms with Crippen molar-refractivity contribution in [2.24, 2.45) is 0 Å². The largest absolute Gasteiger partial charge is 0.490 e. The van der Waals surface area contributed by atoms with Crippen LogP contribution in [0, 0.1) is 0 Å². The van der Waals surface area contributed by atoms with Crippen LogP contribution in [0.3, 0.4) is 0 Å². The lowest BCUT2D eigenvalue weighted by molar-refractivity contribution is -0.124. The molecule has 7 heteroatoms. The van der Waals surface area contributed by atoms with Crippen LogP contribution in [0.15, 0.2) is 12.1 Å². The van der Waals surface area contributed by atoms with Crippen molar-refractivity contribution >= 4 is 17.6 Å². The van der Waals surface area contributed by atoms with E-state index in [0.29, 0.717) is 37.7 Å². The molecule has 1 aromatic rings. The molecule has 0 bridgehead atoms. The average molecular weight is 361 g/mol. The summed E-state index contributed by atoms with van der Waals surface area (Å²) in [6.07, 6.45) is 4.46. The van der Waals surface area contributed by atoms with Crippen molar-refractivity contribution in [1.29, 1.82) is 0 Å². The molecule has 3 N–H and O–H groups in total. The molecular weight excluding hydrogens is 334 g/mol. The SMILES string of the molecule is CCCCOc1cc2c(cc1OCCCC)C1(CCN2)NC(=O)NC1=O. The lowest BCUT2D eigenvalue weighted by Crippen LogP contribution is -2.48. The number of carbonyl (C=O) groups is 2. The summed E-state index contributed by atoms with van der Waals surface area (Å²) in [5.74, 6) is 0.970. The first kappa shape index (κ1) is 18.4. The first-order chi connectivity index (χ1) is 12.6. The smallest absolute Gasteiger partial charge is 0.322 e. The van der Waals surface area contributed by atoms with E-state index in [1.54, 1.807) is 0 Å². The van der Waals surface area contributed by atoms with E-state index >= 15 is 0 Å². The van der Waals surface area contributed by atoms with Crippen molar-refractivity contribution < 1.29 is 19.1 Å². The third-order valence-corrected chi connectivity index (χ3v) is 4.81. The molecule has 1 saturated heterocycles. The van der Waals surface area contributed by atoms with Gasteiger partial charge in [-0.05, 0) is 18.9 Å². The maximum atomic E-state index is 12.5. The molecule has 1 unspecified atom stereocenters. The maximum Gasteiger partial charge on any atom is 0.322 e. The Labute approximate surface area is 153 Å². The predicted octanol–water partition coefficient (Wildman–Crippen LogP) is 2.89. The number of imide groups is 1. The molecule has 3 amide bonds. The third kappa shape index (κ3) is 3.43. The molecule has 0 aromatic heterocycles. The van der Waals surface area contributed by atoms with E-state index in [1.807, 2.05) is 12.1 Å². The molecular formula is C19H27N3O4. The van der Waals surface area contributed by atoms with Crippen LogP contribution in [-0.2, 0) is 10.3 Å². The van der Waals surface area contributed by atoms with E-state index in [4.69, 9.17) is 9.47 Å². The Hall–Kier alpha value is -2.44. The number of unbranched alkanes of at least 4 members (excludes halogenated alkanes) is 2. The highest BCUT2D eigenvalue weighted by Gasteiger charge is 2.50. The van der Waals surface area contributed by atoms with Gasteiger partial charge in [0.25, 0.3) is 5.91 Å². The summed E-state index contributed by atoms with van der Waals surface area (Å²) in [5, 5.41) is 8.47. The van der Waals surface area contributed by atoms with E-state index in [1.165, 1.54) is 0 Å². The van der Waals surface area contributed by atoms with Crippen molar-refractivity contribution in [1.82, 2.24) is 10.6 Å². The third-order valence-electron chi connectivity index (χ3n) is 4.81. The molecule has 2 heterocycles. The summed E-state index contributed by atoms with van der Waals surface area (Å²) in [7, 11) is 0. The number of ether oxygens (including phenoxy) is 2. The van der Waals surface area contributed by atoms with Crippen molar-refractivity contribution in [3.63, 3.8) is 0 Å². The maximum absolute atomic E-state index is 12.5. The number of amides is 3. The van der Waals surface area contributed by atoms with Gasteiger partial charge < -0.3 is 20.1 Å². The Morgan fingerprint density at radius 2 is 1.69 bits per heavy atom. The zero-order valence-electron chi connectivity index (χ0n) is 15.4. The van der Waals surface area contributed by atoms with Crippen LogP contribution < -0.4 is 25.4 Å². The zero-order valence-corrected chi connectivity index (χ0v) is 15.4. The lowest BCUT2D eigenvalue weighted by atomic mass is 9.82. The highest BCUT2D eigenvalue weighted by atomic mass is 16.5. The first-order valence-electron chi connectivity index (χ1n) is 9.42. The second-order valence-corrected chi connectivity index (χ2v) is 6.74. The molecule has 0 radical (unpaired) electrons. The van der Waals surface area contributed by atoms with Gasteiger partial charge in [0.05, 0.1) is 13.2 Å². The highest BCUT2D eigenvalue weighted by Crippen LogP contribution is 2.43. The Balaban J connectivity index is 1.96. The molecule has 7 nitrogen and oxygen atoms in total.